The number of carbonyl (C=O) groups excluding carboxylic acids is 1. The molecule has 0 aliphatic heterocycles. The van der Waals surface area contributed by atoms with E-state index in [0.717, 1.165) is 22.9 Å². The Morgan fingerprint density at radius 1 is 1.20 bits per heavy atom. The first-order chi connectivity index (χ1) is 14.2. The maximum absolute atomic E-state index is 12.4. The van der Waals surface area contributed by atoms with Crippen LogP contribution in [-0.4, -0.2) is 42.1 Å². The van der Waals surface area contributed by atoms with Gasteiger partial charge in [0.2, 0.25) is 0 Å². The maximum atomic E-state index is 12.4. The van der Waals surface area contributed by atoms with E-state index in [4.69, 9.17) is 4.74 Å². The van der Waals surface area contributed by atoms with Crippen LogP contribution in [0.3, 0.4) is 0 Å². The van der Waals surface area contributed by atoms with Gasteiger partial charge < -0.3 is 9.84 Å². The number of ether oxygens (including phenoxy) is 1. The second-order valence-electron chi connectivity index (χ2n) is 5.99. The molecule has 12 heteroatoms. The number of carboxylic acid groups (broad SMARTS) is 1. The fourth-order valence-corrected chi connectivity index (χ4v) is 3.55. The minimum Gasteiger partial charge on any atom is -0.496 e. The van der Waals surface area contributed by atoms with Crippen molar-refractivity contribution in [1.82, 2.24) is 19.8 Å². The van der Waals surface area contributed by atoms with Crippen LogP contribution in [0, 0.1) is 0 Å². The van der Waals surface area contributed by atoms with Crippen molar-refractivity contribution in [2.75, 3.05) is 7.11 Å². The molecule has 0 saturated carbocycles. The number of hydrazine groups is 1. The highest BCUT2D eigenvalue weighted by molar-refractivity contribution is 7.89. The number of methoxy groups -OCH3 is 1. The van der Waals surface area contributed by atoms with Gasteiger partial charge in [0.25, 0.3) is 21.5 Å². The van der Waals surface area contributed by atoms with Gasteiger partial charge in [-0.3, -0.25) is 19.6 Å². The molecule has 0 atom stereocenters. The molecule has 1 heterocycles. The number of fused-ring (bicyclic) bond motifs is 1. The van der Waals surface area contributed by atoms with Crippen LogP contribution in [0.2, 0.25) is 0 Å². The highest BCUT2D eigenvalue weighted by Crippen LogP contribution is 2.22. The average molecular weight is 432 g/mol. The number of amides is 1. The fourth-order valence-electron chi connectivity index (χ4n) is 2.67. The molecule has 2 aromatic carbocycles. The zero-order chi connectivity index (χ0) is 21.9. The first-order valence-corrected chi connectivity index (χ1v) is 9.88. The van der Waals surface area contributed by atoms with E-state index in [-0.39, 0.29) is 11.3 Å². The lowest BCUT2D eigenvalue weighted by atomic mass is 10.2. The zero-order valence-electron chi connectivity index (χ0n) is 15.5. The second-order valence-corrected chi connectivity index (χ2v) is 7.67. The summed E-state index contributed by atoms with van der Waals surface area (Å²) in [5, 5.41) is 9.18. The molecule has 0 aliphatic rings. The molecule has 3 N–H and O–H groups in total. The van der Waals surface area contributed by atoms with Gasteiger partial charge in [-0.05, 0) is 30.3 Å². The monoisotopic (exact) mass is 432 g/mol. The van der Waals surface area contributed by atoms with Gasteiger partial charge >= 0.3 is 5.97 Å². The van der Waals surface area contributed by atoms with Gasteiger partial charge in [0.05, 0.1) is 29.2 Å². The fraction of sp³-hybridized carbons (Fsp3) is 0.111. The van der Waals surface area contributed by atoms with Crippen LogP contribution >= 0.6 is 0 Å². The Labute approximate surface area is 170 Å². The number of aromatic carboxylic acids is 1. The molecule has 0 spiro atoms. The van der Waals surface area contributed by atoms with E-state index in [2.05, 4.69) is 4.98 Å². The molecule has 0 bridgehead atoms. The standard InChI is InChI=1S/C18H16N4O7S/c1-29-15-7-6-11(8-12(15)18(25)26)30(27,28)21-20-16(23)10-22-14-5-3-2-4-13(14)19-9-17(22)24/h2-9,21H,10H2,1H3,(H,20,23)(H,25,26). The third-order valence-corrected chi connectivity index (χ3v) is 5.34. The van der Waals surface area contributed by atoms with E-state index in [9.17, 15) is 27.9 Å². The van der Waals surface area contributed by atoms with E-state index in [1.165, 1.54) is 13.2 Å². The van der Waals surface area contributed by atoms with Gasteiger partial charge in [0, 0.05) is 0 Å². The third-order valence-electron chi connectivity index (χ3n) is 4.09. The molecule has 0 saturated heterocycles. The molecular weight excluding hydrogens is 416 g/mol. The lowest BCUT2D eigenvalue weighted by Gasteiger charge is -2.12. The number of carbonyl (C=O) groups is 2. The van der Waals surface area contributed by atoms with Gasteiger partial charge in [0.1, 0.15) is 17.9 Å². The maximum Gasteiger partial charge on any atom is 0.339 e. The Morgan fingerprint density at radius 2 is 1.93 bits per heavy atom. The molecule has 30 heavy (non-hydrogen) atoms. The van der Waals surface area contributed by atoms with Crippen LogP contribution in [0.1, 0.15) is 10.4 Å². The van der Waals surface area contributed by atoms with Crippen LogP contribution in [-0.2, 0) is 21.4 Å². The van der Waals surface area contributed by atoms with Crippen molar-refractivity contribution >= 4 is 32.9 Å². The van der Waals surface area contributed by atoms with Crippen LogP contribution in [0.5, 0.6) is 5.75 Å². The number of benzene rings is 2. The molecule has 1 aromatic heterocycles. The molecule has 3 aromatic rings. The van der Waals surface area contributed by atoms with E-state index >= 15 is 0 Å². The Morgan fingerprint density at radius 3 is 2.63 bits per heavy atom. The first-order valence-electron chi connectivity index (χ1n) is 8.39. The van der Waals surface area contributed by atoms with Crippen molar-refractivity contribution < 1.29 is 27.9 Å². The minimum absolute atomic E-state index is 0.0191. The van der Waals surface area contributed by atoms with E-state index in [1.807, 2.05) is 10.3 Å². The summed E-state index contributed by atoms with van der Waals surface area (Å²) in [7, 11) is -3.03. The van der Waals surface area contributed by atoms with Crippen LogP contribution in [0.25, 0.3) is 11.0 Å². The van der Waals surface area contributed by atoms with Crippen molar-refractivity contribution in [3.8, 4) is 5.75 Å². The van der Waals surface area contributed by atoms with Gasteiger partial charge in [-0.2, -0.15) is 0 Å². The summed E-state index contributed by atoms with van der Waals surface area (Å²) in [6.45, 7) is -0.465. The summed E-state index contributed by atoms with van der Waals surface area (Å²) in [4.78, 5) is 41.0. The van der Waals surface area contributed by atoms with E-state index in [1.54, 1.807) is 24.3 Å². The number of para-hydroxylation sites is 2. The Bertz CT molecular complexity index is 1300. The second kappa shape index (κ2) is 8.31. The van der Waals surface area contributed by atoms with E-state index in [0.29, 0.717) is 11.0 Å². The number of sulfonamides is 1. The summed E-state index contributed by atoms with van der Waals surface area (Å²) < 4.78 is 30.8. The summed E-state index contributed by atoms with van der Waals surface area (Å²) in [6, 6.07) is 9.87. The quantitative estimate of drug-likeness (QED) is 0.444. The molecule has 0 aliphatic carbocycles. The number of nitrogens with one attached hydrogen (secondary N) is 2. The average Bonchev–Trinajstić information content (AvgIpc) is 2.73. The molecule has 11 nitrogen and oxygen atoms in total. The minimum atomic E-state index is -4.28. The van der Waals surface area contributed by atoms with Gasteiger partial charge in [-0.15, -0.1) is 4.83 Å². The van der Waals surface area contributed by atoms with Crippen molar-refractivity contribution in [3.63, 3.8) is 0 Å². The van der Waals surface area contributed by atoms with Crippen molar-refractivity contribution in [1.29, 1.82) is 0 Å². The SMILES string of the molecule is COc1ccc(S(=O)(=O)NNC(=O)Cn2c(=O)cnc3ccccc32)cc1C(=O)O. The highest BCUT2D eigenvalue weighted by Gasteiger charge is 2.20. The largest absolute Gasteiger partial charge is 0.496 e. The lowest BCUT2D eigenvalue weighted by Crippen LogP contribution is -2.44. The Balaban J connectivity index is 1.78. The molecule has 3 rings (SSSR count). The number of aromatic nitrogens is 2. The summed E-state index contributed by atoms with van der Waals surface area (Å²) in [5.74, 6) is -2.21. The molecular formula is C18H16N4O7S. The number of carboxylic acids is 1. The summed E-state index contributed by atoms with van der Waals surface area (Å²) in [5.41, 5.74) is 2.01. The molecule has 156 valence electrons. The number of nitrogens with zero attached hydrogens (tertiary/aromatic N) is 2. The molecule has 1 amide bonds. The number of hydrogen-bond acceptors (Lipinski definition) is 7. The summed E-state index contributed by atoms with van der Waals surface area (Å²) >= 11 is 0. The zero-order valence-corrected chi connectivity index (χ0v) is 16.3. The van der Waals surface area contributed by atoms with Gasteiger partial charge in [-0.25, -0.2) is 18.2 Å². The highest BCUT2D eigenvalue weighted by atomic mass is 32.2. The Kier molecular flexibility index (Phi) is 5.80. The first kappa shape index (κ1) is 21.0. The predicted molar refractivity (Wildman–Crippen MR) is 104 cm³/mol. The number of hydrogen-bond donors (Lipinski definition) is 3. The van der Waals surface area contributed by atoms with Gasteiger partial charge in [-0.1, -0.05) is 12.1 Å². The lowest BCUT2D eigenvalue weighted by molar-refractivity contribution is -0.122. The van der Waals surface area contributed by atoms with Crippen LogP contribution in [0.4, 0.5) is 0 Å². The van der Waals surface area contributed by atoms with Crippen molar-refractivity contribution in [3.05, 3.63) is 64.6 Å². The molecule has 0 radical (unpaired) electrons. The normalized spacial score (nSPS) is 11.2. The summed E-state index contributed by atoms with van der Waals surface area (Å²) in [6.07, 6.45) is 1.06. The van der Waals surface area contributed by atoms with Crippen LogP contribution < -0.4 is 20.6 Å². The van der Waals surface area contributed by atoms with Crippen LogP contribution in [0.15, 0.2) is 58.4 Å². The Hall–Kier alpha value is -3.77. The molecule has 0 fully saturated rings. The van der Waals surface area contributed by atoms with Crippen molar-refractivity contribution in [2.45, 2.75) is 11.4 Å². The van der Waals surface area contributed by atoms with E-state index < -0.39 is 38.9 Å². The third kappa shape index (κ3) is 4.29. The molecule has 0 unspecified atom stereocenters. The van der Waals surface area contributed by atoms with Crippen molar-refractivity contribution in [2.24, 2.45) is 0 Å². The van der Waals surface area contributed by atoms with Gasteiger partial charge in [0.15, 0.2) is 0 Å². The smallest absolute Gasteiger partial charge is 0.339 e. The number of rotatable bonds is 7. The topological polar surface area (TPSA) is 157 Å². The predicted octanol–water partition coefficient (Wildman–Crippen LogP) is 0.113.